The average molecular weight is 214 g/mol. The van der Waals surface area contributed by atoms with Crippen molar-refractivity contribution < 1.29 is 13.9 Å². The van der Waals surface area contributed by atoms with Crippen LogP contribution >= 0.6 is 0 Å². The van der Waals surface area contributed by atoms with E-state index in [4.69, 9.17) is 13.9 Å². The Kier molecular flexibility index (Phi) is 5.31. The highest BCUT2D eigenvalue weighted by atomic mass is 16.5. The molecular formula is C10H18N2O3. The van der Waals surface area contributed by atoms with E-state index in [9.17, 15) is 0 Å². The zero-order valence-corrected chi connectivity index (χ0v) is 9.45. The molecule has 0 aliphatic rings. The number of ether oxygens (including phenoxy) is 2. The lowest BCUT2D eigenvalue weighted by atomic mass is 10.3. The first-order valence-corrected chi connectivity index (χ1v) is 4.96. The Labute approximate surface area is 89.8 Å². The second-order valence-electron chi connectivity index (χ2n) is 3.22. The Morgan fingerprint density at radius 2 is 2.33 bits per heavy atom. The molecule has 15 heavy (non-hydrogen) atoms. The van der Waals surface area contributed by atoms with Gasteiger partial charge in [-0.1, -0.05) is 0 Å². The molecule has 0 fully saturated rings. The van der Waals surface area contributed by atoms with Crippen molar-refractivity contribution in [3.8, 4) is 0 Å². The number of oxazole rings is 1. The Bertz CT molecular complexity index is 275. The molecule has 5 nitrogen and oxygen atoms in total. The van der Waals surface area contributed by atoms with E-state index in [1.165, 1.54) is 0 Å². The summed E-state index contributed by atoms with van der Waals surface area (Å²) in [5.74, 6) is 1.42. The summed E-state index contributed by atoms with van der Waals surface area (Å²) in [6, 6.07) is 0.123. The molecule has 1 aromatic heterocycles. The van der Waals surface area contributed by atoms with Gasteiger partial charge in [-0.3, -0.25) is 0 Å². The molecule has 0 bridgehead atoms. The Morgan fingerprint density at radius 1 is 1.53 bits per heavy atom. The van der Waals surface area contributed by atoms with Crippen molar-refractivity contribution in [3.05, 3.63) is 17.8 Å². The summed E-state index contributed by atoms with van der Waals surface area (Å²) in [7, 11) is 3.51. The van der Waals surface area contributed by atoms with E-state index in [-0.39, 0.29) is 6.04 Å². The molecule has 1 unspecified atom stereocenters. The van der Waals surface area contributed by atoms with Crippen molar-refractivity contribution in [2.75, 3.05) is 27.4 Å². The highest BCUT2D eigenvalue weighted by molar-refractivity contribution is 4.95. The Hall–Kier alpha value is -0.910. The summed E-state index contributed by atoms with van der Waals surface area (Å²) in [6.45, 7) is 3.58. The Balaban J connectivity index is 2.33. The van der Waals surface area contributed by atoms with Gasteiger partial charge in [0.15, 0.2) is 0 Å². The largest absolute Gasteiger partial charge is 0.442 e. The van der Waals surface area contributed by atoms with Crippen LogP contribution in [0.2, 0.25) is 0 Å². The molecule has 0 aliphatic carbocycles. The normalized spacial score (nSPS) is 13.0. The molecule has 1 aromatic rings. The van der Waals surface area contributed by atoms with Gasteiger partial charge in [-0.15, -0.1) is 0 Å². The van der Waals surface area contributed by atoms with Crippen LogP contribution < -0.4 is 5.32 Å². The summed E-state index contributed by atoms with van der Waals surface area (Å²) in [5.41, 5.74) is 0. The zero-order valence-electron chi connectivity index (χ0n) is 9.45. The van der Waals surface area contributed by atoms with Crippen molar-refractivity contribution in [1.82, 2.24) is 10.3 Å². The fourth-order valence-corrected chi connectivity index (χ4v) is 1.03. The predicted octanol–water partition coefficient (Wildman–Crippen LogP) is 1.12. The van der Waals surface area contributed by atoms with Crippen molar-refractivity contribution >= 4 is 0 Å². The third kappa shape index (κ3) is 3.99. The fraction of sp³-hybridized carbons (Fsp3) is 0.700. The van der Waals surface area contributed by atoms with Crippen LogP contribution in [-0.2, 0) is 16.1 Å². The highest BCUT2D eigenvalue weighted by Gasteiger charge is 2.09. The first kappa shape index (κ1) is 12.2. The van der Waals surface area contributed by atoms with Gasteiger partial charge in [-0.2, -0.15) is 0 Å². The van der Waals surface area contributed by atoms with Gasteiger partial charge in [0.1, 0.15) is 12.4 Å². The second-order valence-corrected chi connectivity index (χ2v) is 3.22. The fourth-order valence-electron chi connectivity index (χ4n) is 1.03. The maximum atomic E-state index is 5.48. The summed E-state index contributed by atoms with van der Waals surface area (Å²) in [5, 5.41) is 3.05. The number of rotatable bonds is 7. The van der Waals surface area contributed by atoms with Crippen molar-refractivity contribution in [2.45, 2.75) is 19.6 Å². The molecule has 0 saturated heterocycles. The lowest BCUT2D eigenvalue weighted by molar-refractivity contribution is 0.0532. The molecule has 0 spiro atoms. The predicted molar refractivity (Wildman–Crippen MR) is 55.5 cm³/mol. The molecule has 1 N–H and O–H groups in total. The van der Waals surface area contributed by atoms with Crippen LogP contribution in [0.4, 0.5) is 0 Å². The third-order valence-electron chi connectivity index (χ3n) is 2.05. The van der Waals surface area contributed by atoms with Crippen LogP contribution in [0, 0.1) is 0 Å². The van der Waals surface area contributed by atoms with E-state index >= 15 is 0 Å². The monoisotopic (exact) mass is 214 g/mol. The summed E-state index contributed by atoms with van der Waals surface area (Å²) >= 11 is 0. The molecule has 0 saturated carbocycles. The molecule has 0 aromatic carbocycles. The van der Waals surface area contributed by atoms with Gasteiger partial charge in [0.05, 0.1) is 25.5 Å². The minimum atomic E-state index is 0.123. The van der Waals surface area contributed by atoms with Gasteiger partial charge >= 0.3 is 0 Å². The molecule has 5 heteroatoms. The first-order valence-electron chi connectivity index (χ1n) is 4.96. The van der Waals surface area contributed by atoms with E-state index in [1.54, 1.807) is 13.3 Å². The maximum absolute atomic E-state index is 5.48. The molecule has 1 heterocycles. The van der Waals surface area contributed by atoms with E-state index in [0.717, 1.165) is 5.76 Å². The second kappa shape index (κ2) is 6.55. The van der Waals surface area contributed by atoms with Crippen molar-refractivity contribution in [3.63, 3.8) is 0 Å². The van der Waals surface area contributed by atoms with E-state index in [2.05, 4.69) is 10.3 Å². The maximum Gasteiger partial charge on any atom is 0.211 e. The molecule has 1 rings (SSSR count). The third-order valence-corrected chi connectivity index (χ3v) is 2.05. The van der Waals surface area contributed by atoms with E-state index in [0.29, 0.717) is 25.7 Å². The smallest absolute Gasteiger partial charge is 0.211 e. The van der Waals surface area contributed by atoms with Gasteiger partial charge in [-0.05, 0) is 14.0 Å². The average Bonchev–Trinajstić information content (AvgIpc) is 2.72. The number of nitrogens with zero attached hydrogens (tertiary/aromatic N) is 1. The van der Waals surface area contributed by atoms with Gasteiger partial charge in [-0.25, -0.2) is 4.98 Å². The van der Waals surface area contributed by atoms with Crippen LogP contribution in [0.1, 0.15) is 24.6 Å². The molecule has 1 atom stereocenters. The van der Waals surface area contributed by atoms with Crippen LogP contribution in [0.25, 0.3) is 0 Å². The molecule has 86 valence electrons. The van der Waals surface area contributed by atoms with E-state index in [1.807, 2.05) is 14.0 Å². The zero-order chi connectivity index (χ0) is 11.1. The standard InChI is InChI=1S/C10H18N2O3/c1-8(11-2)10-12-6-9(15-10)7-14-5-4-13-3/h6,8,11H,4-5,7H2,1-3H3. The number of aromatic nitrogens is 1. The van der Waals surface area contributed by atoms with Gasteiger partial charge < -0.3 is 19.2 Å². The quantitative estimate of drug-likeness (QED) is 0.689. The summed E-state index contributed by atoms with van der Waals surface area (Å²) < 4.78 is 15.6. The topological polar surface area (TPSA) is 56.5 Å². The van der Waals surface area contributed by atoms with Crippen LogP contribution in [0.15, 0.2) is 10.6 Å². The van der Waals surface area contributed by atoms with Crippen LogP contribution in [0.5, 0.6) is 0 Å². The molecule has 0 radical (unpaired) electrons. The van der Waals surface area contributed by atoms with Crippen molar-refractivity contribution in [2.24, 2.45) is 0 Å². The Morgan fingerprint density at radius 3 is 3.00 bits per heavy atom. The number of nitrogens with one attached hydrogen (secondary N) is 1. The molecule has 0 amide bonds. The minimum Gasteiger partial charge on any atom is -0.442 e. The number of hydrogen-bond donors (Lipinski definition) is 1. The first-order chi connectivity index (χ1) is 7.27. The lowest BCUT2D eigenvalue weighted by Gasteiger charge is -2.04. The summed E-state index contributed by atoms with van der Waals surface area (Å²) in [6.07, 6.45) is 1.69. The van der Waals surface area contributed by atoms with Gasteiger partial charge in [0.2, 0.25) is 5.89 Å². The molecular weight excluding hydrogens is 196 g/mol. The minimum absolute atomic E-state index is 0.123. The van der Waals surface area contributed by atoms with Gasteiger partial charge in [0.25, 0.3) is 0 Å². The molecule has 0 aliphatic heterocycles. The number of methoxy groups -OCH3 is 1. The van der Waals surface area contributed by atoms with Crippen LogP contribution in [0.3, 0.4) is 0 Å². The van der Waals surface area contributed by atoms with Crippen molar-refractivity contribution in [1.29, 1.82) is 0 Å². The lowest BCUT2D eigenvalue weighted by Crippen LogP contribution is -2.12. The summed E-state index contributed by atoms with van der Waals surface area (Å²) in [4.78, 5) is 4.15. The number of hydrogen-bond acceptors (Lipinski definition) is 5. The van der Waals surface area contributed by atoms with Crippen LogP contribution in [-0.4, -0.2) is 32.4 Å². The van der Waals surface area contributed by atoms with E-state index < -0.39 is 0 Å². The van der Waals surface area contributed by atoms with Gasteiger partial charge in [0, 0.05) is 7.11 Å². The SMILES string of the molecule is CNC(C)c1ncc(COCCOC)o1. The highest BCUT2D eigenvalue weighted by Crippen LogP contribution is 2.12.